The summed E-state index contributed by atoms with van der Waals surface area (Å²) in [5.41, 5.74) is 0.601. The number of hydrogen-bond donors (Lipinski definition) is 2. The van der Waals surface area contributed by atoms with Crippen LogP contribution in [0.2, 0.25) is 0 Å². The van der Waals surface area contributed by atoms with E-state index in [0.29, 0.717) is 11.1 Å². The van der Waals surface area contributed by atoms with Gasteiger partial charge in [-0.3, -0.25) is 4.79 Å². The van der Waals surface area contributed by atoms with Gasteiger partial charge in [-0.05, 0) is 39.5 Å². The molecule has 25 heavy (non-hydrogen) atoms. The van der Waals surface area contributed by atoms with E-state index in [1.165, 1.54) is 6.07 Å². The van der Waals surface area contributed by atoms with Crippen LogP contribution < -0.4 is 5.32 Å². The van der Waals surface area contributed by atoms with Gasteiger partial charge in [0.1, 0.15) is 11.3 Å². The van der Waals surface area contributed by atoms with Crippen molar-refractivity contribution in [1.29, 1.82) is 0 Å². The van der Waals surface area contributed by atoms with Crippen molar-refractivity contribution in [1.82, 2.24) is 0 Å². The van der Waals surface area contributed by atoms with E-state index in [2.05, 4.69) is 21.2 Å². The summed E-state index contributed by atoms with van der Waals surface area (Å²) in [6.07, 6.45) is 0. The van der Waals surface area contributed by atoms with Crippen molar-refractivity contribution in [3.63, 3.8) is 0 Å². The number of hydrogen-bond acceptors (Lipinski definition) is 4. The van der Waals surface area contributed by atoms with Crippen molar-refractivity contribution >= 4 is 44.3 Å². The van der Waals surface area contributed by atoms with Gasteiger partial charge in [-0.25, -0.2) is 4.79 Å². The van der Waals surface area contributed by atoms with Gasteiger partial charge in [-0.15, -0.1) is 0 Å². The van der Waals surface area contributed by atoms with Crippen molar-refractivity contribution in [2.75, 3.05) is 11.9 Å². The number of phenolic OH excluding ortho intramolecular Hbond substituents is 1. The summed E-state index contributed by atoms with van der Waals surface area (Å²) in [5, 5.41) is 14.2. The van der Waals surface area contributed by atoms with Gasteiger partial charge < -0.3 is 15.2 Å². The number of anilines is 1. The number of nitrogens with one attached hydrogen (secondary N) is 1. The molecule has 3 rings (SSSR count). The maximum Gasteiger partial charge on any atom is 0.342 e. The standard InChI is InChI=1S/C19H14BrNO4/c20-15-7-3-4-8-16(15)21-17(22)11-25-19(24)14-10-9-12-5-1-2-6-13(12)18(14)23/h1-10,23H,11H2,(H,21,22). The smallest absolute Gasteiger partial charge is 0.342 e. The minimum Gasteiger partial charge on any atom is -0.506 e. The summed E-state index contributed by atoms with van der Waals surface area (Å²) in [7, 11) is 0. The average molecular weight is 400 g/mol. The molecule has 0 aromatic heterocycles. The van der Waals surface area contributed by atoms with Crippen molar-refractivity contribution in [2.45, 2.75) is 0 Å². The summed E-state index contributed by atoms with van der Waals surface area (Å²) < 4.78 is 5.73. The van der Waals surface area contributed by atoms with Crippen molar-refractivity contribution in [2.24, 2.45) is 0 Å². The highest BCUT2D eigenvalue weighted by atomic mass is 79.9. The molecule has 126 valence electrons. The molecular formula is C19H14BrNO4. The summed E-state index contributed by atoms with van der Waals surface area (Å²) in [6, 6.07) is 17.4. The fourth-order valence-electron chi connectivity index (χ4n) is 2.38. The molecule has 3 aromatic carbocycles. The molecular weight excluding hydrogens is 386 g/mol. The summed E-state index contributed by atoms with van der Waals surface area (Å²) in [4.78, 5) is 24.1. The zero-order valence-electron chi connectivity index (χ0n) is 13.0. The Morgan fingerprint density at radius 2 is 1.72 bits per heavy atom. The second-order valence-electron chi connectivity index (χ2n) is 5.29. The van der Waals surface area contributed by atoms with E-state index in [9.17, 15) is 14.7 Å². The maximum atomic E-state index is 12.2. The zero-order chi connectivity index (χ0) is 17.8. The fraction of sp³-hybridized carbons (Fsp3) is 0.0526. The van der Waals surface area contributed by atoms with Gasteiger partial charge in [0.05, 0.1) is 5.69 Å². The minimum absolute atomic E-state index is 0.0207. The lowest BCUT2D eigenvalue weighted by atomic mass is 10.1. The number of carbonyl (C=O) groups excluding carboxylic acids is 2. The van der Waals surface area contributed by atoms with Crippen LogP contribution in [0.15, 0.2) is 65.1 Å². The second kappa shape index (κ2) is 7.36. The van der Waals surface area contributed by atoms with E-state index in [4.69, 9.17) is 4.74 Å². The third-order valence-corrected chi connectivity index (χ3v) is 4.29. The maximum absolute atomic E-state index is 12.2. The third kappa shape index (κ3) is 3.80. The van der Waals surface area contributed by atoms with E-state index in [-0.39, 0.29) is 11.3 Å². The summed E-state index contributed by atoms with van der Waals surface area (Å²) >= 11 is 3.32. The largest absolute Gasteiger partial charge is 0.506 e. The second-order valence-corrected chi connectivity index (χ2v) is 6.14. The van der Waals surface area contributed by atoms with Crippen LogP contribution in [-0.4, -0.2) is 23.6 Å². The van der Waals surface area contributed by atoms with Crippen molar-refractivity contribution < 1.29 is 19.4 Å². The number of phenols is 1. The molecule has 0 spiro atoms. The number of rotatable bonds is 4. The topological polar surface area (TPSA) is 75.6 Å². The minimum atomic E-state index is -0.759. The van der Waals surface area contributed by atoms with Crippen LogP contribution >= 0.6 is 15.9 Å². The van der Waals surface area contributed by atoms with Crippen LogP contribution in [-0.2, 0) is 9.53 Å². The molecule has 0 saturated heterocycles. The Kier molecular flexibility index (Phi) is 5.00. The number of ether oxygens (including phenoxy) is 1. The highest BCUT2D eigenvalue weighted by Crippen LogP contribution is 2.29. The molecule has 5 nitrogen and oxygen atoms in total. The highest BCUT2D eigenvalue weighted by molar-refractivity contribution is 9.10. The Bertz CT molecular complexity index is 955. The third-order valence-electron chi connectivity index (χ3n) is 3.60. The van der Waals surface area contributed by atoms with Crippen molar-refractivity contribution in [3.8, 4) is 5.75 Å². The predicted molar refractivity (Wildman–Crippen MR) is 98.7 cm³/mol. The molecule has 2 N–H and O–H groups in total. The van der Waals surface area contributed by atoms with Gasteiger partial charge >= 0.3 is 5.97 Å². The number of esters is 1. The number of fused-ring (bicyclic) bond motifs is 1. The van der Waals surface area contributed by atoms with Gasteiger partial charge in [-0.1, -0.05) is 42.5 Å². The van der Waals surface area contributed by atoms with E-state index >= 15 is 0 Å². The molecule has 0 atom stereocenters. The molecule has 0 unspecified atom stereocenters. The first kappa shape index (κ1) is 17.0. The Morgan fingerprint density at radius 3 is 2.52 bits per heavy atom. The number of halogens is 1. The van der Waals surface area contributed by atoms with E-state index in [1.54, 1.807) is 36.4 Å². The molecule has 0 bridgehead atoms. The van der Waals surface area contributed by atoms with Gasteiger partial charge in [0, 0.05) is 9.86 Å². The van der Waals surface area contributed by atoms with Crippen LogP contribution in [0.4, 0.5) is 5.69 Å². The van der Waals surface area contributed by atoms with Gasteiger partial charge in [0.2, 0.25) is 0 Å². The molecule has 0 heterocycles. The fourth-order valence-corrected chi connectivity index (χ4v) is 2.76. The number of amides is 1. The number of para-hydroxylation sites is 1. The molecule has 1 amide bonds. The normalized spacial score (nSPS) is 10.4. The highest BCUT2D eigenvalue weighted by Gasteiger charge is 2.16. The van der Waals surface area contributed by atoms with Crippen LogP contribution in [0.1, 0.15) is 10.4 Å². The zero-order valence-corrected chi connectivity index (χ0v) is 14.6. The van der Waals surface area contributed by atoms with Gasteiger partial charge in [-0.2, -0.15) is 0 Å². The molecule has 0 radical (unpaired) electrons. The number of benzene rings is 3. The first-order chi connectivity index (χ1) is 12.1. The van der Waals surface area contributed by atoms with Crippen LogP contribution in [0.3, 0.4) is 0 Å². The molecule has 0 aliphatic heterocycles. The average Bonchev–Trinajstić information content (AvgIpc) is 2.62. The molecule has 0 aliphatic carbocycles. The predicted octanol–water partition coefficient (Wildman–Crippen LogP) is 4.10. The molecule has 0 aliphatic rings. The van der Waals surface area contributed by atoms with E-state index in [1.807, 2.05) is 18.2 Å². The summed E-state index contributed by atoms with van der Waals surface area (Å²) in [6.45, 7) is -0.452. The van der Waals surface area contributed by atoms with Crippen molar-refractivity contribution in [3.05, 3.63) is 70.7 Å². The Labute approximate surface area is 152 Å². The van der Waals surface area contributed by atoms with E-state index < -0.39 is 18.5 Å². The number of aromatic hydroxyl groups is 1. The first-order valence-corrected chi connectivity index (χ1v) is 8.28. The van der Waals surface area contributed by atoms with E-state index in [0.717, 1.165) is 9.86 Å². The Hall–Kier alpha value is -2.86. The van der Waals surface area contributed by atoms with Crippen LogP contribution in [0, 0.1) is 0 Å². The molecule has 0 fully saturated rings. The number of carbonyl (C=O) groups is 2. The Morgan fingerprint density at radius 1 is 1.00 bits per heavy atom. The van der Waals surface area contributed by atoms with Crippen LogP contribution in [0.25, 0.3) is 10.8 Å². The SMILES string of the molecule is O=C(COC(=O)c1ccc2ccccc2c1O)Nc1ccccc1Br. The van der Waals surface area contributed by atoms with Crippen LogP contribution in [0.5, 0.6) is 5.75 Å². The molecule has 0 saturated carbocycles. The van der Waals surface area contributed by atoms with Gasteiger partial charge in [0.25, 0.3) is 5.91 Å². The quantitative estimate of drug-likeness (QED) is 0.647. The lowest BCUT2D eigenvalue weighted by molar-refractivity contribution is -0.119. The summed E-state index contributed by atoms with van der Waals surface area (Å²) in [5.74, 6) is -1.39. The first-order valence-electron chi connectivity index (χ1n) is 7.48. The lowest BCUT2D eigenvalue weighted by Gasteiger charge is -2.10. The van der Waals surface area contributed by atoms with Gasteiger partial charge in [0.15, 0.2) is 6.61 Å². The molecule has 3 aromatic rings. The molecule has 6 heteroatoms. The Balaban J connectivity index is 1.68. The lowest BCUT2D eigenvalue weighted by Crippen LogP contribution is -2.21. The monoisotopic (exact) mass is 399 g/mol.